The summed E-state index contributed by atoms with van der Waals surface area (Å²) in [6.45, 7) is 10.8. The number of Topliss-reactive ketones (excluding diaryl/α,β-unsaturated/α-hetero) is 1. The Morgan fingerprint density at radius 2 is 2.26 bits per heavy atom. The largest absolute Gasteiger partial charge is 0.303 e. The molecule has 4 nitrogen and oxygen atoms in total. The van der Waals surface area contributed by atoms with Gasteiger partial charge in [0.05, 0.1) is 6.20 Å². The minimum atomic E-state index is 0.317. The Balaban J connectivity index is 1.75. The molecule has 1 aliphatic rings. The lowest BCUT2D eigenvalue weighted by Gasteiger charge is -2.32. The highest BCUT2D eigenvalue weighted by molar-refractivity contribution is 5.75. The first-order chi connectivity index (χ1) is 11.1. The summed E-state index contributed by atoms with van der Waals surface area (Å²) in [5.41, 5.74) is 1.37. The zero-order valence-corrected chi connectivity index (χ0v) is 15.1. The maximum Gasteiger partial charge on any atom is 0.129 e. The summed E-state index contributed by atoms with van der Waals surface area (Å²) in [6.07, 6.45) is 11.0. The van der Waals surface area contributed by atoms with Crippen molar-refractivity contribution in [1.82, 2.24) is 14.7 Å². The number of likely N-dealkylation sites (tertiary alicyclic amines) is 1. The van der Waals surface area contributed by atoms with E-state index < -0.39 is 0 Å². The fraction of sp³-hybridized carbons (Fsp3) is 0.789. The van der Waals surface area contributed by atoms with Crippen LogP contribution in [0.1, 0.15) is 70.8 Å². The van der Waals surface area contributed by atoms with E-state index >= 15 is 0 Å². The number of carbonyl (C=O) groups excluding carboxylic acids is 1. The highest BCUT2D eigenvalue weighted by Gasteiger charge is 2.20. The molecule has 1 fully saturated rings. The van der Waals surface area contributed by atoms with E-state index in [9.17, 15) is 4.79 Å². The second-order valence-electron chi connectivity index (χ2n) is 7.27. The molecule has 1 unspecified atom stereocenters. The average Bonchev–Trinajstić information content (AvgIpc) is 2.99. The number of hydrogen-bond acceptors (Lipinski definition) is 3. The minimum Gasteiger partial charge on any atom is -0.303 e. The van der Waals surface area contributed by atoms with Crippen LogP contribution < -0.4 is 0 Å². The van der Waals surface area contributed by atoms with Gasteiger partial charge in [-0.2, -0.15) is 5.10 Å². The normalized spacial score (nSPS) is 20.6. The Labute approximate surface area is 141 Å². The molecule has 0 aliphatic carbocycles. The van der Waals surface area contributed by atoms with Gasteiger partial charge in [-0.05, 0) is 69.5 Å². The van der Waals surface area contributed by atoms with E-state index in [1.54, 1.807) is 6.92 Å². The van der Waals surface area contributed by atoms with Gasteiger partial charge in [0.25, 0.3) is 0 Å². The highest BCUT2D eigenvalue weighted by Crippen LogP contribution is 2.21. The number of ketones is 1. The topological polar surface area (TPSA) is 38.1 Å². The van der Waals surface area contributed by atoms with Crippen LogP contribution in [0.2, 0.25) is 0 Å². The fourth-order valence-corrected chi connectivity index (χ4v) is 3.45. The molecule has 1 aromatic rings. The molecule has 0 N–H and O–H groups in total. The lowest BCUT2D eigenvalue weighted by atomic mass is 9.97. The van der Waals surface area contributed by atoms with Crippen molar-refractivity contribution in [2.24, 2.45) is 5.92 Å². The number of unbranched alkanes of at least 4 members (excludes halogenated alkanes) is 1. The molecule has 4 heteroatoms. The second-order valence-corrected chi connectivity index (χ2v) is 7.27. The van der Waals surface area contributed by atoms with E-state index in [2.05, 4.69) is 34.7 Å². The van der Waals surface area contributed by atoms with Crippen LogP contribution in [0.15, 0.2) is 12.4 Å². The third kappa shape index (κ3) is 6.09. The zero-order chi connectivity index (χ0) is 16.7. The maximum atomic E-state index is 11.0. The molecule has 2 atom stereocenters. The van der Waals surface area contributed by atoms with E-state index in [0.717, 1.165) is 32.4 Å². The van der Waals surface area contributed by atoms with Crippen LogP contribution in [0.3, 0.4) is 0 Å². The van der Waals surface area contributed by atoms with Gasteiger partial charge >= 0.3 is 0 Å². The Morgan fingerprint density at radius 3 is 3.00 bits per heavy atom. The molecule has 1 aromatic heterocycles. The summed E-state index contributed by atoms with van der Waals surface area (Å²) < 4.78 is 2.14. The van der Waals surface area contributed by atoms with Gasteiger partial charge in [-0.25, -0.2) is 0 Å². The molecular weight excluding hydrogens is 286 g/mol. The summed E-state index contributed by atoms with van der Waals surface area (Å²) in [5.74, 6) is 1.63. The summed E-state index contributed by atoms with van der Waals surface area (Å²) >= 11 is 0. The van der Waals surface area contributed by atoms with Crippen molar-refractivity contribution >= 4 is 5.78 Å². The summed E-state index contributed by atoms with van der Waals surface area (Å²) in [5, 5.41) is 4.56. The lowest BCUT2D eigenvalue weighted by molar-refractivity contribution is -0.117. The van der Waals surface area contributed by atoms with Crippen LogP contribution in [0, 0.1) is 5.92 Å². The standard InChI is InChI=1S/C19H33N3O/c1-4-16(2)19-12-20-22(15-19)14-18-9-7-11-21(13-18)10-6-5-8-17(3)23/h12,15-16,18H,4-11,13-14H2,1-3H3/t16?,18-/m1/s1. The molecule has 130 valence electrons. The molecule has 1 aliphatic heterocycles. The molecule has 2 rings (SSSR count). The zero-order valence-electron chi connectivity index (χ0n) is 15.1. The Kier molecular flexibility index (Phi) is 7.28. The van der Waals surface area contributed by atoms with Gasteiger partial charge in [0.2, 0.25) is 0 Å². The average molecular weight is 319 g/mol. The van der Waals surface area contributed by atoms with Crippen molar-refractivity contribution in [2.75, 3.05) is 19.6 Å². The van der Waals surface area contributed by atoms with Crippen molar-refractivity contribution < 1.29 is 4.79 Å². The smallest absolute Gasteiger partial charge is 0.129 e. The predicted molar refractivity (Wildman–Crippen MR) is 94.6 cm³/mol. The molecule has 2 heterocycles. The molecule has 23 heavy (non-hydrogen) atoms. The van der Waals surface area contributed by atoms with Crippen molar-refractivity contribution in [3.8, 4) is 0 Å². The molecular formula is C19H33N3O. The van der Waals surface area contributed by atoms with Crippen LogP contribution in [0.5, 0.6) is 0 Å². The summed E-state index contributed by atoms with van der Waals surface area (Å²) in [4.78, 5) is 13.6. The van der Waals surface area contributed by atoms with E-state index in [-0.39, 0.29) is 0 Å². The summed E-state index contributed by atoms with van der Waals surface area (Å²) in [7, 11) is 0. The number of hydrogen-bond donors (Lipinski definition) is 0. The van der Waals surface area contributed by atoms with Crippen LogP contribution in [-0.4, -0.2) is 40.1 Å². The Bertz CT molecular complexity index is 483. The first kappa shape index (κ1) is 18.2. The van der Waals surface area contributed by atoms with Gasteiger partial charge in [-0.3, -0.25) is 4.68 Å². The molecule has 0 radical (unpaired) electrons. The van der Waals surface area contributed by atoms with E-state index in [1.807, 2.05) is 6.20 Å². The van der Waals surface area contributed by atoms with Crippen LogP contribution in [0.25, 0.3) is 0 Å². The number of rotatable bonds is 9. The molecule has 0 spiro atoms. The predicted octanol–water partition coefficient (Wildman–Crippen LogP) is 3.87. The van der Waals surface area contributed by atoms with Crippen LogP contribution >= 0.6 is 0 Å². The van der Waals surface area contributed by atoms with Crippen molar-refractivity contribution in [1.29, 1.82) is 0 Å². The van der Waals surface area contributed by atoms with Gasteiger partial charge in [0, 0.05) is 25.7 Å². The van der Waals surface area contributed by atoms with Gasteiger partial charge < -0.3 is 9.69 Å². The van der Waals surface area contributed by atoms with Gasteiger partial charge in [0.1, 0.15) is 5.78 Å². The molecule has 0 amide bonds. The second kappa shape index (κ2) is 9.21. The first-order valence-corrected chi connectivity index (χ1v) is 9.32. The van der Waals surface area contributed by atoms with Crippen molar-refractivity contribution in [3.05, 3.63) is 18.0 Å². The Morgan fingerprint density at radius 1 is 1.43 bits per heavy atom. The SMILES string of the molecule is CCC(C)c1cnn(C[C@@H]2CCCN(CCCCC(C)=O)C2)c1. The van der Waals surface area contributed by atoms with E-state index in [4.69, 9.17) is 0 Å². The molecule has 0 aromatic carbocycles. The molecule has 1 saturated heterocycles. The number of aromatic nitrogens is 2. The summed E-state index contributed by atoms with van der Waals surface area (Å²) in [6, 6.07) is 0. The van der Waals surface area contributed by atoms with E-state index in [1.165, 1.54) is 37.9 Å². The third-order valence-electron chi connectivity index (χ3n) is 5.14. The van der Waals surface area contributed by atoms with E-state index in [0.29, 0.717) is 17.6 Å². The molecule has 0 bridgehead atoms. The number of carbonyl (C=O) groups is 1. The van der Waals surface area contributed by atoms with Gasteiger partial charge in [-0.15, -0.1) is 0 Å². The minimum absolute atomic E-state index is 0.317. The Hall–Kier alpha value is -1.16. The number of piperidine rings is 1. The fourth-order valence-electron chi connectivity index (χ4n) is 3.45. The van der Waals surface area contributed by atoms with Crippen LogP contribution in [-0.2, 0) is 11.3 Å². The maximum absolute atomic E-state index is 11.0. The molecule has 0 saturated carbocycles. The first-order valence-electron chi connectivity index (χ1n) is 9.32. The highest BCUT2D eigenvalue weighted by atomic mass is 16.1. The van der Waals surface area contributed by atoms with Crippen molar-refractivity contribution in [3.63, 3.8) is 0 Å². The van der Waals surface area contributed by atoms with Gasteiger partial charge in [0.15, 0.2) is 0 Å². The quantitative estimate of drug-likeness (QED) is 0.649. The van der Waals surface area contributed by atoms with Gasteiger partial charge in [-0.1, -0.05) is 13.8 Å². The number of nitrogens with zero attached hydrogens (tertiary/aromatic N) is 3. The third-order valence-corrected chi connectivity index (χ3v) is 5.14. The van der Waals surface area contributed by atoms with Crippen molar-refractivity contribution in [2.45, 2.75) is 71.8 Å². The van der Waals surface area contributed by atoms with Crippen LogP contribution in [0.4, 0.5) is 0 Å². The lowest BCUT2D eigenvalue weighted by Crippen LogP contribution is -2.37. The monoisotopic (exact) mass is 319 g/mol.